The summed E-state index contributed by atoms with van der Waals surface area (Å²) in [7, 11) is 0. The quantitative estimate of drug-likeness (QED) is 0.837. The second-order valence-corrected chi connectivity index (χ2v) is 6.13. The zero-order chi connectivity index (χ0) is 14.6. The van der Waals surface area contributed by atoms with Crippen LogP contribution >= 0.6 is 0 Å². The molecule has 19 heavy (non-hydrogen) atoms. The molecule has 0 aromatic rings. The number of rotatable bonds is 3. The van der Waals surface area contributed by atoms with Gasteiger partial charge in [0.25, 0.3) is 0 Å². The second-order valence-electron chi connectivity index (χ2n) is 6.13. The molecule has 1 rings (SSSR count). The number of nitrogens with one attached hydrogen (secondary N) is 1. The van der Waals surface area contributed by atoms with Gasteiger partial charge in [0.1, 0.15) is 6.04 Å². The molecule has 1 aliphatic heterocycles. The van der Waals surface area contributed by atoms with Crippen molar-refractivity contribution in [2.24, 2.45) is 5.41 Å². The van der Waals surface area contributed by atoms with Crippen molar-refractivity contribution in [1.29, 1.82) is 0 Å². The van der Waals surface area contributed by atoms with E-state index in [-0.39, 0.29) is 17.9 Å². The van der Waals surface area contributed by atoms with Gasteiger partial charge in [0.15, 0.2) is 0 Å². The number of hydrogen-bond acceptors (Lipinski definition) is 3. The molecule has 5 heteroatoms. The van der Waals surface area contributed by atoms with Crippen LogP contribution in [0.15, 0.2) is 0 Å². The molecule has 110 valence electrons. The summed E-state index contributed by atoms with van der Waals surface area (Å²) < 4.78 is 5.54. The average molecular weight is 270 g/mol. The summed E-state index contributed by atoms with van der Waals surface area (Å²) in [5.74, 6) is -0.131. The highest BCUT2D eigenvalue weighted by Crippen LogP contribution is 2.14. The topological polar surface area (TPSA) is 58.6 Å². The number of carbonyl (C=O) groups is 2. The predicted octanol–water partition coefficient (Wildman–Crippen LogP) is 1.17. The zero-order valence-electron chi connectivity index (χ0n) is 12.7. The Morgan fingerprint density at radius 3 is 2.58 bits per heavy atom. The summed E-state index contributed by atoms with van der Waals surface area (Å²) in [5.41, 5.74) is -0.481. The first-order valence-corrected chi connectivity index (χ1v) is 6.97. The molecule has 1 saturated heterocycles. The largest absolute Gasteiger partial charge is 0.375 e. The smallest absolute Gasteiger partial charge is 0.245 e. The Balaban J connectivity index is 2.55. The van der Waals surface area contributed by atoms with E-state index in [0.29, 0.717) is 19.7 Å². The Bertz CT molecular complexity index is 336. The fourth-order valence-corrected chi connectivity index (χ4v) is 1.92. The van der Waals surface area contributed by atoms with E-state index < -0.39 is 11.5 Å². The van der Waals surface area contributed by atoms with Crippen LogP contribution in [0.25, 0.3) is 0 Å². The molecule has 2 amide bonds. The molecule has 0 aromatic heterocycles. The molecule has 2 atom stereocenters. The SMILES string of the molecule is CCC1CN(C(=O)C(C)NC(=O)C(C)(C)C)CCO1. The van der Waals surface area contributed by atoms with Crippen LogP contribution in [-0.4, -0.2) is 48.6 Å². The third kappa shape index (κ3) is 4.49. The third-order valence-electron chi connectivity index (χ3n) is 3.31. The predicted molar refractivity (Wildman–Crippen MR) is 73.7 cm³/mol. The minimum absolute atomic E-state index is 0.0284. The molecule has 5 nitrogen and oxygen atoms in total. The lowest BCUT2D eigenvalue weighted by Gasteiger charge is -2.34. The van der Waals surface area contributed by atoms with Crippen LogP contribution in [0, 0.1) is 5.41 Å². The van der Waals surface area contributed by atoms with Crippen LogP contribution in [0.3, 0.4) is 0 Å². The summed E-state index contributed by atoms with van der Waals surface area (Å²) in [5, 5.41) is 2.78. The highest BCUT2D eigenvalue weighted by atomic mass is 16.5. The zero-order valence-corrected chi connectivity index (χ0v) is 12.7. The molecule has 1 aliphatic rings. The van der Waals surface area contributed by atoms with Gasteiger partial charge in [-0.15, -0.1) is 0 Å². The number of carbonyl (C=O) groups excluding carboxylic acids is 2. The first-order chi connectivity index (χ1) is 8.75. The number of nitrogens with zero attached hydrogens (tertiary/aromatic N) is 1. The van der Waals surface area contributed by atoms with Crippen molar-refractivity contribution < 1.29 is 14.3 Å². The number of morpholine rings is 1. The van der Waals surface area contributed by atoms with E-state index >= 15 is 0 Å². The van der Waals surface area contributed by atoms with E-state index in [0.717, 1.165) is 6.42 Å². The Hall–Kier alpha value is -1.10. The highest BCUT2D eigenvalue weighted by Gasteiger charge is 2.29. The summed E-state index contributed by atoms with van der Waals surface area (Å²) in [4.78, 5) is 25.9. The van der Waals surface area contributed by atoms with E-state index in [1.54, 1.807) is 11.8 Å². The monoisotopic (exact) mass is 270 g/mol. The molecule has 0 aliphatic carbocycles. The summed E-state index contributed by atoms with van der Waals surface area (Å²) in [6.07, 6.45) is 1.01. The maximum atomic E-state index is 12.3. The minimum Gasteiger partial charge on any atom is -0.375 e. The van der Waals surface area contributed by atoms with Crippen LogP contribution < -0.4 is 5.32 Å². The fourth-order valence-electron chi connectivity index (χ4n) is 1.92. The number of amides is 2. The van der Waals surface area contributed by atoms with Gasteiger partial charge in [-0.2, -0.15) is 0 Å². The van der Waals surface area contributed by atoms with Crippen LogP contribution in [0.2, 0.25) is 0 Å². The first kappa shape index (κ1) is 16.0. The Morgan fingerprint density at radius 1 is 1.42 bits per heavy atom. The van der Waals surface area contributed by atoms with E-state index in [9.17, 15) is 9.59 Å². The maximum absolute atomic E-state index is 12.3. The molecular weight excluding hydrogens is 244 g/mol. The van der Waals surface area contributed by atoms with Crippen molar-refractivity contribution in [3.05, 3.63) is 0 Å². The first-order valence-electron chi connectivity index (χ1n) is 6.97. The van der Waals surface area contributed by atoms with Gasteiger partial charge < -0.3 is 15.0 Å². The van der Waals surface area contributed by atoms with Gasteiger partial charge in [-0.25, -0.2) is 0 Å². The Kier molecular flexibility index (Phi) is 5.35. The van der Waals surface area contributed by atoms with E-state index in [1.165, 1.54) is 0 Å². The fraction of sp³-hybridized carbons (Fsp3) is 0.857. The van der Waals surface area contributed by atoms with Crippen molar-refractivity contribution in [1.82, 2.24) is 10.2 Å². The van der Waals surface area contributed by atoms with Gasteiger partial charge in [0.05, 0.1) is 12.7 Å². The number of hydrogen-bond donors (Lipinski definition) is 1. The van der Waals surface area contributed by atoms with E-state index in [4.69, 9.17) is 4.74 Å². The lowest BCUT2D eigenvalue weighted by molar-refractivity contribution is -0.143. The lowest BCUT2D eigenvalue weighted by atomic mass is 9.95. The van der Waals surface area contributed by atoms with Gasteiger partial charge in [0, 0.05) is 18.5 Å². The minimum atomic E-state index is -0.484. The van der Waals surface area contributed by atoms with Crippen LogP contribution in [0.1, 0.15) is 41.0 Å². The molecule has 0 aromatic carbocycles. The molecule has 0 radical (unpaired) electrons. The van der Waals surface area contributed by atoms with Gasteiger partial charge in [-0.3, -0.25) is 9.59 Å². The van der Waals surface area contributed by atoms with Crippen molar-refractivity contribution in [3.8, 4) is 0 Å². The van der Waals surface area contributed by atoms with Crippen LogP contribution in [0.4, 0.5) is 0 Å². The van der Waals surface area contributed by atoms with Crippen molar-refractivity contribution in [2.45, 2.75) is 53.2 Å². The van der Waals surface area contributed by atoms with Crippen molar-refractivity contribution in [3.63, 3.8) is 0 Å². The molecule has 0 saturated carbocycles. The van der Waals surface area contributed by atoms with Gasteiger partial charge in [-0.1, -0.05) is 27.7 Å². The molecular formula is C14H26N2O3. The van der Waals surface area contributed by atoms with Gasteiger partial charge >= 0.3 is 0 Å². The van der Waals surface area contributed by atoms with E-state index in [1.807, 2.05) is 27.7 Å². The molecule has 1 heterocycles. The summed E-state index contributed by atoms with van der Waals surface area (Å²) in [6, 6.07) is -0.484. The normalized spacial score (nSPS) is 21.9. The maximum Gasteiger partial charge on any atom is 0.245 e. The summed E-state index contributed by atoms with van der Waals surface area (Å²) >= 11 is 0. The molecule has 0 bridgehead atoms. The van der Waals surface area contributed by atoms with Crippen molar-refractivity contribution >= 4 is 11.8 Å². The highest BCUT2D eigenvalue weighted by molar-refractivity contribution is 5.89. The van der Waals surface area contributed by atoms with Gasteiger partial charge in [-0.05, 0) is 13.3 Å². The second kappa shape index (κ2) is 6.37. The molecule has 1 N–H and O–H groups in total. The molecule has 2 unspecified atom stereocenters. The van der Waals surface area contributed by atoms with Crippen LogP contribution in [0.5, 0.6) is 0 Å². The van der Waals surface area contributed by atoms with Crippen LogP contribution in [-0.2, 0) is 14.3 Å². The standard InChI is InChI=1S/C14H26N2O3/c1-6-11-9-16(7-8-19-11)12(17)10(2)15-13(18)14(3,4)5/h10-11H,6-9H2,1-5H3,(H,15,18). The third-order valence-corrected chi connectivity index (χ3v) is 3.31. The average Bonchev–Trinajstić information content (AvgIpc) is 2.36. The van der Waals surface area contributed by atoms with E-state index in [2.05, 4.69) is 5.32 Å². The Morgan fingerprint density at radius 2 is 2.05 bits per heavy atom. The molecule has 0 spiro atoms. The van der Waals surface area contributed by atoms with Gasteiger partial charge in [0.2, 0.25) is 11.8 Å². The Labute approximate surface area is 115 Å². The summed E-state index contributed by atoms with van der Waals surface area (Å²) in [6.45, 7) is 11.1. The lowest BCUT2D eigenvalue weighted by Crippen LogP contribution is -2.53. The molecule has 1 fully saturated rings. The van der Waals surface area contributed by atoms with Crippen molar-refractivity contribution in [2.75, 3.05) is 19.7 Å². The number of ether oxygens (including phenoxy) is 1.